The van der Waals surface area contributed by atoms with Crippen molar-refractivity contribution in [3.05, 3.63) is 40.3 Å². The first-order valence-electron chi connectivity index (χ1n) is 6.21. The van der Waals surface area contributed by atoms with Gasteiger partial charge in [0.2, 0.25) is 0 Å². The number of carbonyl (C=O) groups is 1. The summed E-state index contributed by atoms with van der Waals surface area (Å²) >= 11 is 0. The van der Waals surface area contributed by atoms with Gasteiger partial charge < -0.3 is 5.32 Å². The van der Waals surface area contributed by atoms with Crippen molar-refractivity contribution in [1.29, 1.82) is 0 Å². The average molecular weight is 299 g/mol. The Kier molecular flexibility index (Phi) is 4.25. The highest BCUT2D eigenvalue weighted by atomic mass is 19.4. The van der Waals surface area contributed by atoms with Crippen LogP contribution < -0.4 is 10.9 Å². The lowest BCUT2D eigenvalue weighted by molar-refractivity contribution is -0.135. The number of alkyl halides is 3. The molecule has 0 unspecified atom stereocenters. The van der Waals surface area contributed by atoms with E-state index in [-0.39, 0.29) is 18.7 Å². The molecule has 21 heavy (non-hydrogen) atoms. The number of aromatic nitrogens is 2. The first-order chi connectivity index (χ1) is 9.88. The van der Waals surface area contributed by atoms with E-state index in [1.54, 1.807) is 18.2 Å². The molecular formula is C13H12F3N3O2. The number of hydrogen-bond donors (Lipinski definition) is 2. The summed E-state index contributed by atoms with van der Waals surface area (Å²) in [4.78, 5) is 23.5. The van der Waals surface area contributed by atoms with E-state index in [1.807, 2.05) is 0 Å². The van der Waals surface area contributed by atoms with E-state index in [2.05, 4.69) is 15.5 Å². The first kappa shape index (κ1) is 15.0. The first-order valence-corrected chi connectivity index (χ1v) is 6.21. The molecule has 8 heteroatoms. The minimum atomic E-state index is -4.24. The number of nitrogens with one attached hydrogen (secondary N) is 2. The maximum atomic E-state index is 12.0. The molecule has 0 atom stereocenters. The van der Waals surface area contributed by atoms with Crippen molar-refractivity contribution in [2.24, 2.45) is 0 Å². The van der Waals surface area contributed by atoms with Gasteiger partial charge in [0, 0.05) is 18.4 Å². The zero-order chi connectivity index (χ0) is 15.5. The normalized spacial score (nSPS) is 11.6. The summed E-state index contributed by atoms with van der Waals surface area (Å²) in [5.41, 5.74) is -0.448. The van der Waals surface area contributed by atoms with Crippen LogP contribution in [0.3, 0.4) is 0 Å². The Morgan fingerprint density at radius 1 is 1.24 bits per heavy atom. The summed E-state index contributed by atoms with van der Waals surface area (Å²) < 4.78 is 36.0. The second-order valence-electron chi connectivity index (χ2n) is 4.42. The Morgan fingerprint density at radius 2 is 1.90 bits per heavy atom. The predicted molar refractivity (Wildman–Crippen MR) is 70.0 cm³/mol. The molecule has 0 radical (unpaired) electrons. The average Bonchev–Trinajstić information content (AvgIpc) is 2.43. The topological polar surface area (TPSA) is 74.8 Å². The van der Waals surface area contributed by atoms with Crippen molar-refractivity contribution in [1.82, 2.24) is 15.5 Å². The number of amides is 1. The number of hydrogen-bond acceptors (Lipinski definition) is 3. The number of benzene rings is 1. The number of H-pyrrole nitrogens is 1. The summed E-state index contributed by atoms with van der Waals surface area (Å²) in [5.74, 6) is -0.621. The molecule has 112 valence electrons. The smallest absolute Gasteiger partial charge is 0.351 e. The number of carbonyl (C=O) groups excluding carboxylic acids is 1. The largest absolute Gasteiger partial charge is 0.389 e. The molecule has 1 heterocycles. The molecule has 1 amide bonds. The third-order valence-corrected chi connectivity index (χ3v) is 2.83. The summed E-state index contributed by atoms with van der Waals surface area (Å²) in [7, 11) is 0. The van der Waals surface area contributed by atoms with Crippen LogP contribution in [0.15, 0.2) is 29.1 Å². The lowest BCUT2D eigenvalue weighted by Gasteiger charge is -2.08. The Labute approximate surface area is 117 Å². The fraction of sp³-hybridized carbons (Fsp3) is 0.308. The number of halogens is 3. The van der Waals surface area contributed by atoms with Gasteiger partial charge in [0.1, 0.15) is 0 Å². The molecule has 0 aliphatic carbocycles. The van der Waals surface area contributed by atoms with E-state index >= 15 is 0 Å². The standard InChI is InChI=1S/C13H12F3N3O2/c14-13(15,16)6-3-7-17-12(21)10-8-4-1-2-5-9(8)11(20)19-18-10/h1-2,4-5H,3,6-7H2,(H,17,21)(H,19,20). The third-order valence-electron chi connectivity index (χ3n) is 2.83. The van der Waals surface area contributed by atoms with Crippen LogP contribution >= 0.6 is 0 Å². The van der Waals surface area contributed by atoms with Crippen molar-refractivity contribution in [2.45, 2.75) is 19.0 Å². The van der Waals surface area contributed by atoms with E-state index in [1.165, 1.54) is 6.07 Å². The fourth-order valence-corrected chi connectivity index (χ4v) is 1.86. The van der Waals surface area contributed by atoms with Crippen LogP contribution in [0.2, 0.25) is 0 Å². The molecule has 0 aliphatic rings. The molecule has 0 saturated heterocycles. The van der Waals surface area contributed by atoms with Crippen molar-refractivity contribution < 1.29 is 18.0 Å². The second kappa shape index (κ2) is 5.94. The molecule has 0 aliphatic heterocycles. The van der Waals surface area contributed by atoms with Crippen molar-refractivity contribution >= 4 is 16.7 Å². The molecule has 0 saturated carbocycles. The van der Waals surface area contributed by atoms with Crippen LogP contribution in [0.4, 0.5) is 13.2 Å². The highest BCUT2D eigenvalue weighted by Crippen LogP contribution is 2.20. The van der Waals surface area contributed by atoms with E-state index in [9.17, 15) is 22.8 Å². The summed E-state index contributed by atoms with van der Waals surface area (Å²) in [6.07, 6.45) is -5.42. The molecular weight excluding hydrogens is 287 g/mol. The van der Waals surface area contributed by atoms with Gasteiger partial charge in [-0.3, -0.25) is 9.59 Å². The highest BCUT2D eigenvalue weighted by Gasteiger charge is 2.26. The van der Waals surface area contributed by atoms with Gasteiger partial charge in [0.15, 0.2) is 5.69 Å². The van der Waals surface area contributed by atoms with Crippen LogP contribution in [0, 0.1) is 0 Å². The Morgan fingerprint density at radius 3 is 2.57 bits per heavy atom. The van der Waals surface area contributed by atoms with Crippen LogP contribution in [0.5, 0.6) is 0 Å². The Bertz CT molecular complexity index is 710. The summed E-state index contributed by atoms with van der Waals surface area (Å²) in [6, 6.07) is 6.38. The van der Waals surface area contributed by atoms with Crippen LogP contribution in [0.1, 0.15) is 23.3 Å². The monoisotopic (exact) mass is 299 g/mol. The van der Waals surface area contributed by atoms with Gasteiger partial charge >= 0.3 is 6.18 Å². The molecule has 2 rings (SSSR count). The molecule has 0 spiro atoms. The molecule has 0 bridgehead atoms. The lowest BCUT2D eigenvalue weighted by atomic mass is 10.1. The number of rotatable bonds is 4. The molecule has 2 aromatic rings. The predicted octanol–water partition coefficient (Wildman–Crippen LogP) is 2.00. The van der Waals surface area contributed by atoms with E-state index in [0.29, 0.717) is 10.8 Å². The quantitative estimate of drug-likeness (QED) is 0.848. The van der Waals surface area contributed by atoms with Crippen LogP contribution in [0.25, 0.3) is 10.8 Å². The maximum Gasteiger partial charge on any atom is 0.389 e. The molecule has 5 nitrogen and oxygen atoms in total. The molecule has 1 aromatic carbocycles. The minimum absolute atomic E-state index is 0.0165. The summed E-state index contributed by atoms with van der Waals surface area (Å²) in [5, 5.41) is 8.87. The van der Waals surface area contributed by atoms with E-state index in [4.69, 9.17) is 0 Å². The lowest BCUT2D eigenvalue weighted by Crippen LogP contribution is -2.28. The highest BCUT2D eigenvalue weighted by molar-refractivity contribution is 6.04. The van der Waals surface area contributed by atoms with Crippen molar-refractivity contribution in [3.63, 3.8) is 0 Å². The molecule has 2 N–H and O–H groups in total. The van der Waals surface area contributed by atoms with Gasteiger partial charge in [0.05, 0.1) is 5.39 Å². The van der Waals surface area contributed by atoms with Gasteiger partial charge in [-0.1, -0.05) is 18.2 Å². The van der Waals surface area contributed by atoms with E-state index < -0.39 is 24.1 Å². The van der Waals surface area contributed by atoms with Crippen molar-refractivity contribution in [3.8, 4) is 0 Å². The maximum absolute atomic E-state index is 12.0. The zero-order valence-corrected chi connectivity index (χ0v) is 10.8. The van der Waals surface area contributed by atoms with Gasteiger partial charge in [-0.05, 0) is 12.5 Å². The van der Waals surface area contributed by atoms with Gasteiger partial charge in [-0.15, -0.1) is 0 Å². The Balaban J connectivity index is 2.10. The van der Waals surface area contributed by atoms with Gasteiger partial charge in [-0.25, -0.2) is 5.10 Å². The van der Waals surface area contributed by atoms with Gasteiger partial charge in [-0.2, -0.15) is 18.3 Å². The van der Waals surface area contributed by atoms with Crippen molar-refractivity contribution in [2.75, 3.05) is 6.54 Å². The second-order valence-corrected chi connectivity index (χ2v) is 4.42. The fourth-order valence-electron chi connectivity index (χ4n) is 1.86. The third kappa shape index (κ3) is 3.80. The Hall–Kier alpha value is -2.38. The summed E-state index contributed by atoms with van der Waals surface area (Å²) in [6.45, 7) is -0.118. The zero-order valence-electron chi connectivity index (χ0n) is 10.8. The number of fused-ring (bicyclic) bond motifs is 1. The SMILES string of the molecule is O=C(NCCCC(F)(F)F)c1n[nH]c(=O)c2ccccc12. The molecule has 1 aromatic heterocycles. The van der Waals surface area contributed by atoms with Gasteiger partial charge in [0.25, 0.3) is 11.5 Å². The van der Waals surface area contributed by atoms with Crippen LogP contribution in [-0.2, 0) is 0 Å². The number of aromatic amines is 1. The molecule has 0 fully saturated rings. The minimum Gasteiger partial charge on any atom is -0.351 e. The van der Waals surface area contributed by atoms with Crippen LogP contribution in [-0.4, -0.2) is 28.8 Å². The number of nitrogens with zero attached hydrogens (tertiary/aromatic N) is 1. The van der Waals surface area contributed by atoms with E-state index in [0.717, 1.165) is 0 Å².